The zero-order chi connectivity index (χ0) is 17.7. The van der Waals surface area contributed by atoms with Gasteiger partial charge in [0.15, 0.2) is 0 Å². The summed E-state index contributed by atoms with van der Waals surface area (Å²) in [6, 6.07) is 11.3. The molecule has 0 aliphatic heterocycles. The highest BCUT2D eigenvalue weighted by Crippen LogP contribution is 2.36. The maximum atomic E-state index is 12.5. The first-order valence-electron chi connectivity index (χ1n) is 7.40. The molecule has 1 amide bonds. The minimum Gasteiger partial charge on any atom is -0.495 e. The average molecular weight is 366 g/mol. The van der Waals surface area contributed by atoms with Crippen molar-refractivity contribution in [2.24, 2.45) is 0 Å². The molecule has 0 saturated heterocycles. The normalized spacial score (nSPS) is 11.7. The molecule has 2 rings (SSSR count). The van der Waals surface area contributed by atoms with Crippen LogP contribution in [0.25, 0.3) is 0 Å². The highest BCUT2D eigenvalue weighted by atomic mass is 35.5. The second-order valence-corrected chi connectivity index (χ2v) is 7.07. The van der Waals surface area contributed by atoms with Gasteiger partial charge in [-0.2, -0.15) is 0 Å². The van der Waals surface area contributed by atoms with Crippen molar-refractivity contribution in [2.75, 3.05) is 19.5 Å². The molecular formula is C18H20ClNO3S. The lowest BCUT2D eigenvalue weighted by Crippen LogP contribution is -2.22. The van der Waals surface area contributed by atoms with E-state index in [4.69, 9.17) is 21.1 Å². The second kappa shape index (κ2) is 8.31. The SMILES string of the molecule is COc1cc(OC)c(NC(=O)C(C)Sc2ccc(C)cc2)cc1Cl. The molecular weight excluding hydrogens is 346 g/mol. The third kappa shape index (κ3) is 4.58. The Kier molecular flexibility index (Phi) is 6.40. The molecule has 0 fully saturated rings. The number of aryl methyl sites for hydroxylation is 1. The van der Waals surface area contributed by atoms with Crippen molar-refractivity contribution in [3.63, 3.8) is 0 Å². The van der Waals surface area contributed by atoms with Crippen LogP contribution in [0.2, 0.25) is 5.02 Å². The summed E-state index contributed by atoms with van der Waals surface area (Å²) >= 11 is 7.62. The number of rotatable bonds is 6. The summed E-state index contributed by atoms with van der Waals surface area (Å²) < 4.78 is 10.4. The van der Waals surface area contributed by atoms with Crippen LogP contribution in [0.5, 0.6) is 11.5 Å². The predicted molar refractivity (Wildman–Crippen MR) is 99.7 cm³/mol. The molecule has 0 heterocycles. The highest BCUT2D eigenvalue weighted by Gasteiger charge is 2.18. The number of anilines is 1. The zero-order valence-corrected chi connectivity index (χ0v) is 15.6. The van der Waals surface area contributed by atoms with Crippen LogP contribution in [-0.4, -0.2) is 25.4 Å². The van der Waals surface area contributed by atoms with Gasteiger partial charge in [0.2, 0.25) is 5.91 Å². The summed E-state index contributed by atoms with van der Waals surface area (Å²) in [5.41, 5.74) is 1.71. The first-order valence-corrected chi connectivity index (χ1v) is 8.66. The van der Waals surface area contributed by atoms with Crippen molar-refractivity contribution in [1.29, 1.82) is 0 Å². The van der Waals surface area contributed by atoms with Gasteiger partial charge < -0.3 is 14.8 Å². The molecule has 6 heteroatoms. The fraction of sp³-hybridized carbons (Fsp3) is 0.278. The van der Waals surface area contributed by atoms with Crippen molar-refractivity contribution in [1.82, 2.24) is 0 Å². The van der Waals surface area contributed by atoms with E-state index in [0.29, 0.717) is 22.2 Å². The maximum absolute atomic E-state index is 12.5. The Morgan fingerprint density at radius 1 is 1.12 bits per heavy atom. The Bertz CT molecular complexity index is 719. The van der Waals surface area contributed by atoms with Crippen LogP contribution < -0.4 is 14.8 Å². The summed E-state index contributed by atoms with van der Waals surface area (Å²) in [6.07, 6.45) is 0. The van der Waals surface area contributed by atoms with Crippen LogP contribution in [0, 0.1) is 6.92 Å². The molecule has 2 aromatic carbocycles. The quantitative estimate of drug-likeness (QED) is 0.748. The molecule has 0 aliphatic rings. The number of nitrogens with one attached hydrogen (secondary N) is 1. The molecule has 0 spiro atoms. The molecule has 1 atom stereocenters. The molecule has 0 bridgehead atoms. The lowest BCUT2D eigenvalue weighted by atomic mass is 10.2. The van der Waals surface area contributed by atoms with Crippen LogP contribution >= 0.6 is 23.4 Å². The van der Waals surface area contributed by atoms with E-state index >= 15 is 0 Å². The van der Waals surface area contributed by atoms with Gasteiger partial charge in [0, 0.05) is 11.0 Å². The number of thioether (sulfide) groups is 1. The molecule has 1 N–H and O–H groups in total. The van der Waals surface area contributed by atoms with Crippen LogP contribution in [0.1, 0.15) is 12.5 Å². The number of carbonyl (C=O) groups excluding carboxylic acids is 1. The van der Waals surface area contributed by atoms with Crippen LogP contribution in [0.4, 0.5) is 5.69 Å². The van der Waals surface area contributed by atoms with Crippen molar-refractivity contribution < 1.29 is 14.3 Å². The molecule has 1 unspecified atom stereocenters. The number of benzene rings is 2. The van der Waals surface area contributed by atoms with Gasteiger partial charge in [-0.25, -0.2) is 0 Å². The molecule has 0 aromatic heterocycles. The molecule has 24 heavy (non-hydrogen) atoms. The summed E-state index contributed by atoms with van der Waals surface area (Å²) in [4.78, 5) is 13.5. The Morgan fingerprint density at radius 3 is 2.33 bits per heavy atom. The first-order chi connectivity index (χ1) is 11.4. The molecule has 2 aromatic rings. The number of carbonyl (C=O) groups is 1. The van der Waals surface area contributed by atoms with Crippen molar-refractivity contribution >= 4 is 35.0 Å². The Hall–Kier alpha value is -1.85. The third-order valence-electron chi connectivity index (χ3n) is 3.43. The Balaban J connectivity index is 2.10. The topological polar surface area (TPSA) is 47.6 Å². The van der Waals surface area contributed by atoms with Crippen molar-refractivity contribution in [3.05, 3.63) is 47.0 Å². The predicted octanol–water partition coefficient (Wildman–Crippen LogP) is 4.78. The molecule has 0 saturated carbocycles. The molecule has 0 radical (unpaired) electrons. The zero-order valence-electron chi connectivity index (χ0n) is 14.1. The standard InChI is InChI=1S/C18H20ClNO3S/c1-11-5-7-13(8-6-11)24-12(2)18(21)20-15-9-14(19)16(22-3)10-17(15)23-4/h5-10,12H,1-4H3,(H,20,21). The molecule has 4 nitrogen and oxygen atoms in total. The van der Waals surface area contributed by atoms with E-state index < -0.39 is 0 Å². The average Bonchev–Trinajstić information content (AvgIpc) is 2.57. The lowest BCUT2D eigenvalue weighted by molar-refractivity contribution is -0.115. The van der Waals surface area contributed by atoms with Gasteiger partial charge in [-0.1, -0.05) is 29.3 Å². The van der Waals surface area contributed by atoms with Gasteiger partial charge >= 0.3 is 0 Å². The molecule has 128 valence electrons. The van der Waals surface area contributed by atoms with E-state index in [1.165, 1.54) is 31.5 Å². The van der Waals surface area contributed by atoms with E-state index in [0.717, 1.165) is 4.90 Å². The monoisotopic (exact) mass is 365 g/mol. The lowest BCUT2D eigenvalue weighted by Gasteiger charge is -2.16. The van der Waals surface area contributed by atoms with Gasteiger partial charge in [0.05, 0.1) is 30.2 Å². The van der Waals surface area contributed by atoms with Gasteiger partial charge in [0.25, 0.3) is 0 Å². The van der Waals surface area contributed by atoms with Gasteiger partial charge in [0.1, 0.15) is 11.5 Å². The largest absolute Gasteiger partial charge is 0.495 e. The van der Waals surface area contributed by atoms with E-state index in [2.05, 4.69) is 5.32 Å². The van der Waals surface area contributed by atoms with Gasteiger partial charge in [-0.3, -0.25) is 4.79 Å². The summed E-state index contributed by atoms with van der Waals surface area (Å²) in [6.45, 7) is 3.89. The molecule has 0 aliphatic carbocycles. The van der Waals surface area contributed by atoms with Gasteiger partial charge in [-0.05, 0) is 32.0 Å². The minimum absolute atomic E-state index is 0.125. The smallest absolute Gasteiger partial charge is 0.237 e. The number of amides is 1. The first kappa shape index (κ1) is 18.5. The number of halogens is 1. The third-order valence-corrected chi connectivity index (χ3v) is 4.84. The number of methoxy groups -OCH3 is 2. The Labute approximate surface area is 151 Å². The van der Waals surface area contributed by atoms with Crippen molar-refractivity contribution in [3.8, 4) is 11.5 Å². The summed E-state index contributed by atoms with van der Waals surface area (Å²) in [5.74, 6) is 0.867. The van der Waals surface area contributed by atoms with Crippen LogP contribution in [0.15, 0.2) is 41.3 Å². The van der Waals surface area contributed by atoms with Gasteiger partial charge in [-0.15, -0.1) is 11.8 Å². The maximum Gasteiger partial charge on any atom is 0.237 e. The van der Waals surface area contributed by atoms with Crippen LogP contribution in [-0.2, 0) is 4.79 Å². The number of hydrogen-bond acceptors (Lipinski definition) is 4. The number of ether oxygens (including phenoxy) is 2. The van der Waals surface area contributed by atoms with E-state index in [1.54, 1.807) is 12.1 Å². The summed E-state index contributed by atoms with van der Waals surface area (Å²) in [7, 11) is 3.06. The van der Waals surface area contributed by atoms with E-state index in [-0.39, 0.29) is 11.2 Å². The summed E-state index contributed by atoms with van der Waals surface area (Å²) in [5, 5.41) is 3.00. The Morgan fingerprint density at radius 2 is 1.75 bits per heavy atom. The van der Waals surface area contributed by atoms with Crippen molar-refractivity contribution in [2.45, 2.75) is 24.0 Å². The minimum atomic E-state index is -0.265. The fourth-order valence-corrected chi connectivity index (χ4v) is 3.17. The van der Waals surface area contributed by atoms with Crippen LogP contribution in [0.3, 0.4) is 0 Å². The fourth-order valence-electron chi connectivity index (χ4n) is 2.07. The van der Waals surface area contributed by atoms with E-state index in [9.17, 15) is 4.79 Å². The number of hydrogen-bond donors (Lipinski definition) is 1. The van der Waals surface area contributed by atoms with E-state index in [1.807, 2.05) is 38.1 Å². The second-order valence-electron chi connectivity index (χ2n) is 5.25. The highest BCUT2D eigenvalue weighted by molar-refractivity contribution is 8.00.